The molecule has 12 heteroatoms. The Kier molecular flexibility index (Phi) is 7.26. The lowest BCUT2D eigenvalue weighted by atomic mass is 9.91. The molecule has 1 N–H and O–H groups in total. The Morgan fingerprint density at radius 1 is 1.05 bits per heavy atom. The van der Waals surface area contributed by atoms with Crippen LogP contribution in [0.15, 0.2) is 47.0 Å². The van der Waals surface area contributed by atoms with Gasteiger partial charge >= 0.3 is 18.4 Å². The van der Waals surface area contributed by atoms with Gasteiger partial charge in [-0.1, -0.05) is 23.4 Å². The number of alkyl halides is 3. The van der Waals surface area contributed by atoms with Crippen LogP contribution < -0.4 is 9.64 Å². The van der Waals surface area contributed by atoms with E-state index in [4.69, 9.17) is 9.26 Å². The highest BCUT2D eigenvalue weighted by Gasteiger charge is 2.47. The van der Waals surface area contributed by atoms with Crippen LogP contribution in [-0.4, -0.2) is 58.8 Å². The maximum absolute atomic E-state index is 13.9. The molecule has 3 atom stereocenters. The molecule has 4 heterocycles. The number of carboxylic acids is 1. The van der Waals surface area contributed by atoms with Gasteiger partial charge < -0.3 is 24.0 Å². The van der Waals surface area contributed by atoms with E-state index in [1.165, 1.54) is 18.2 Å². The Hall–Kier alpha value is -4.06. The Morgan fingerprint density at radius 3 is 2.61 bits per heavy atom. The molecule has 2 amide bonds. The van der Waals surface area contributed by atoms with Crippen molar-refractivity contribution in [3.8, 4) is 17.0 Å². The van der Waals surface area contributed by atoms with E-state index in [2.05, 4.69) is 9.89 Å². The summed E-state index contributed by atoms with van der Waals surface area (Å²) in [5, 5.41) is 13.6. The molecule has 1 saturated carbocycles. The Labute approximate surface area is 251 Å². The van der Waals surface area contributed by atoms with Crippen LogP contribution >= 0.6 is 0 Å². The quantitative estimate of drug-likeness (QED) is 0.300. The predicted octanol–water partition coefficient (Wildman–Crippen LogP) is 6.76. The summed E-state index contributed by atoms with van der Waals surface area (Å²) >= 11 is 0. The van der Waals surface area contributed by atoms with Crippen LogP contribution in [0.1, 0.15) is 71.7 Å². The fourth-order valence-corrected chi connectivity index (χ4v) is 7.13. The molecule has 0 radical (unpaired) electrons. The van der Waals surface area contributed by atoms with E-state index in [0.717, 1.165) is 44.1 Å². The summed E-state index contributed by atoms with van der Waals surface area (Å²) in [5.41, 5.74) is 2.87. The van der Waals surface area contributed by atoms with Gasteiger partial charge in [0.1, 0.15) is 17.2 Å². The van der Waals surface area contributed by atoms with E-state index in [-0.39, 0.29) is 59.1 Å². The number of carboxylic acid groups (broad SMARTS) is 1. The van der Waals surface area contributed by atoms with Crippen molar-refractivity contribution in [3.05, 3.63) is 64.9 Å². The van der Waals surface area contributed by atoms with E-state index in [1.54, 1.807) is 29.2 Å². The summed E-state index contributed by atoms with van der Waals surface area (Å²) in [6.07, 6.45) is 1.16. The van der Waals surface area contributed by atoms with Crippen molar-refractivity contribution in [1.82, 2.24) is 10.1 Å². The van der Waals surface area contributed by atoms with Crippen LogP contribution in [0.4, 0.5) is 23.7 Å². The van der Waals surface area contributed by atoms with Crippen LogP contribution in [0.3, 0.4) is 0 Å². The SMILES string of the molecule is O=C(O)c1ccc2c(c1)N(C(=O)N1C3CCC(COCc4c(-c5ccccc5OC(F)(F)F)noc4C4CC4)C1CC3)CC2. The monoisotopic (exact) mass is 611 g/mol. The zero-order valence-electron chi connectivity index (χ0n) is 23.9. The maximum atomic E-state index is 13.9. The summed E-state index contributed by atoms with van der Waals surface area (Å²) in [7, 11) is 0. The number of piperidine rings is 1. The minimum absolute atomic E-state index is 0.0151. The molecule has 1 aromatic heterocycles. The van der Waals surface area contributed by atoms with Gasteiger partial charge in [-0.3, -0.25) is 4.90 Å². The molecule has 7 rings (SSSR count). The molecule has 2 aromatic carbocycles. The lowest BCUT2D eigenvalue weighted by molar-refractivity contribution is -0.274. The van der Waals surface area contributed by atoms with Gasteiger partial charge in [0.25, 0.3) is 0 Å². The van der Waals surface area contributed by atoms with E-state index in [9.17, 15) is 27.9 Å². The molecule has 2 bridgehead atoms. The number of anilines is 1. The number of hydrogen-bond acceptors (Lipinski definition) is 6. The number of amides is 2. The number of carbonyl (C=O) groups excluding carboxylic acids is 1. The van der Waals surface area contributed by atoms with Crippen LogP contribution in [-0.2, 0) is 17.8 Å². The molecule has 44 heavy (non-hydrogen) atoms. The summed E-state index contributed by atoms with van der Waals surface area (Å²) < 4.78 is 55.6. The Bertz CT molecular complexity index is 1590. The number of aromatic nitrogens is 1. The second-order valence-electron chi connectivity index (χ2n) is 12.1. The standard InChI is InChI=1S/C32H32F3N3O6/c33-32(34,35)43-27-4-2-1-3-23(27)28-24(29(44-36-28)19-6-7-19)17-42-16-21-9-10-22-11-12-25(21)38(22)31(41)37-14-13-18-5-8-20(30(39)40)15-26(18)37/h1-5,8,15,19,21-22,25H,6-7,9-14,16-17H2,(H,39,40). The highest BCUT2D eigenvalue weighted by Crippen LogP contribution is 2.46. The highest BCUT2D eigenvalue weighted by molar-refractivity contribution is 5.97. The first-order valence-electron chi connectivity index (χ1n) is 15.1. The highest BCUT2D eigenvalue weighted by atomic mass is 19.4. The number of rotatable bonds is 8. The average molecular weight is 612 g/mol. The van der Waals surface area contributed by atoms with Gasteiger partial charge in [-0.15, -0.1) is 13.2 Å². The number of urea groups is 1. The molecule has 3 aromatic rings. The molecule has 3 unspecified atom stereocenters. The minimum Gasteiger partial charge on any atom is -0.478 e. The third-order valence-corrected chi connectivity index (χ3v) is 9.35. The lowest BCUT2D eigenvalue weighted by Crippen LogP contribution is -2.54. The normalized spacial score (nSPS) is 22.8. The zero-order chi connectivity index (χ0) is 30.6. The third-order valence-electron chi connectivity index (χ3n) is 9.35. The van der Waals surface area contributed by atoms with Gasteiger partial charge in [0, 0.05) is 47.3 Å². The first-order valence-corrected chi connectivity index (χ1v) is 15.1. The van der Waals surface area contributed by atoms with Crippen molar-refractivity contribution in [2.75, 3.05) is 18.1 Å². The number of ether oxygens (including phenoxy) is 2. The number of para-hydroxylation sites is 1. The molecule has 232 valence electrons. The fraction of sp³-hybridized carbons (Fsp3) is 0.469. The Morgan fingerprint density at radius 2 is 1.84 bits per heavy atom. The molecule has 3 fully saturated rings. The molecule has 3 aliphatic heterocycles. The van der Waals surface area contributed by atoms with Crippen molar-refractivity contribution in [1.29, 1.82) is 0 Å². The topological polar surface area (TPSA) is 105 Å². The first kappa shape index (κ1) is 28.7. The molecule has 0 spiro atoms. The molecule has 9 nitrogen and oxygen atoms in total. The number of hydrogen-bond donors (Lipinski definition) is 1. The van der Waals surface area contributed by atoms with Crippen LogP contribution in [0.5, 0.6) is 5.75 Å². The van der Waals surface area contributed by atoms with Crippen LogP contribution in [0.2, 0.25) is 0 Å². The van der Waals surface area contributed by atoms with Gasteiger partial charge in [0.05, 0.1) is 18.8 Å². The maximum Gasteiger partial charge on any atom is 0.573 e. The number of carbonyl (C=O) groups is 2. The van der Waals surface area contributed by atoms with Crippen LogP contribution in [0, 0.1) is 5.92 Å². The summed E-state index contributed by atoms with van der Waals surface area (Å²) in [6.45, 7) is 0.994. The average Bonchev–Trinajstić information content (AvgIpc) is 3.48. The number of fused-ring (bicyclic) bond motifs is 3. The number of nitrogens with zero attached hydrogens (tertiary/aromatic N) is 3. The molecular weight excluding hydrogens is 579 g/mol. The first-order chi connectivity index (χ1) is 21.2. The molecule has 2 saturated heterocycles. The lowest BCUT2D eigenvalue weighted by Gasteiger charge is -2.41. The molecule has 1 aliphatic carbocycles. The Balaban J connectivity index is 1.07. The van der Waals surface area contributed by atoms with Gasteiger partial charge in [-0.25, -0.2) is 9.59 Å². The smallest absolute Gasteiger partial charge is 0.478 e. The summed E-state index contributed by atoms with van der Waals surface area (Å²) in [4.78, 5) is 29.2. The summed E-state index contributed by atoms with van der Waals surface area (Å²) in [5.74, 6) is -0.502. The minimum atomic E-state index is -4.85. The van der Waals surface area contributed by atoms with Crippen molar-refractivity contribution in [2.24, 2.45) is 5.92 Å². The second kappa shape index (κ2) is 11.1. The van der Waals surface area contributed by atoms with E-state index >= 15 is 0 Å². The largest absolute Gasteiger partial charge is 0.573 e. The van der Waals surface area contributed by atoms with Gasteiger partial charge in [-0.05, 0) is 74.8 Å². The predicted molar refractivity (Wildman–Crippen MR) is 151 cm³/mol. The van der Waals surface area contributed by atoms with E-state index in [1.807, 2.05) is 4.90 Å². The third kappa shape index (κ3) is 5.40. The summed E-state index contributed by atoms with van der Waals surface area (Å²) in [6, 6.07) is 10.8. The zero-order valence-corrected chi connectivity index (χ0v) is 23.9. The van der Waals surface area contributed by atoms with Gasteiger partial charge in [0.2, 0.25) is 0 Å². The number of aromatic carboxylic acids is 1. The fourth-order valence-electron chi connectivity index (χ4n) is 7.13. The van der Waals surface area contributed by atoms with Crippen molar-refractivity contribution in [3.63, 3.8) is 0 Å². The van der Waals surface area contributed by atoms with E-state index < -0.39 is 12.3 Å². The van der Waals surface area contributed by atoms with Gasteiger partial charge in [0.15, 0.2) is 0 Å². The van der Waals surface area contributed by atoms with Crippen molar-refractivity contribution in [2.45, 2.75) is 75.9 Å². The van der Waals surface area contributed by atoms with Crippen LogP contribution in [0.25, 0.3) is 11.3 Å². The number of benzene rings is 2. The van der Waals surface area contributed by atoms with Crippen molar-refractivity contribution < 1.29 is 41.9 Å². The molecule has 4 aliphatic rings. The number of halogens is 3. The molecular formula is C32H32F3N3O6. The second-order valence-corrected chi connectivity index (χ2v) is 12.1. The van der Waals surface area contributed by atoms with E-state index in [0.29, 0.717) is 36.6 Å². The van der Waals surface area contributed by atoms with Crippen molar-refractivity contribution >= 4 is 17.7 Å². The van der Waals surface area contributed by atoms with Gasteiger partial charge in [-0.2, -0.15) is 0 Å².